The second-order valence-corrected chi connectivity index (χ2v) is 3.48. The number of carbonyl (C=O) groups is 1. The van der Waals surface area contributed by atoms with Gasteiger partial charge in [-0.1, -0.05) is 0 Å². The van der Waals surface area contributed by atoms with Crippen LogP contribution in [0.2, 0.25) is 0 Å². The fraction of sp³-hybridized carbons (Fsp3) is 0.222. The zero-order valence-corrected chi connectivity index (χ0v) is 9.11. The molecule has 0 aliphatic carbocycles. The van der Waals surface area contributed by atoms with Gasteiger partial charge >= 0.3 is 0 Å². The van der Waals surface area contributed by atoms with E-state index in [4.69, 9.17) is 0 Å². The predicted octanol–water partition coefficient (Wildman–Crippen LogP) is 2.94. The second kappa shape index (κ2) is 4.04. The maximum Gasteiger partial charge on any atom is 0.192 e. The topological polar surface area (TPSA) is 26.3 Å². The molecule has 0 heterocycles. The first-order valence-electron chi connectivity index (χ1n) is 3.71. The summed E-state index contributed by atoms with van der Waals surface area (Å²) >= 11 is 2.87. The van der Waals surface area contributed by atoms with Crippen LogP contribution in [0.1, 0.15) is 17.3 Å². The summed E-state index contributed by atoms with van der Waals surface area (Å²) in [5.41, 5.74) is -0.199. The number of hydrogen-bond acceptors (Lipinski definition) is 2. The van der Waals surface area contributed by atoms with E-state index in [-0.39, 0.29) is 10.0 Å². The fourth-order valence-corrected chi connectivity index (χ4v) is 1.42. The van der Waals surface area contributed by atoms with Crippen LogP contribution < -0.4 is 4.74 Å². The van der Waals surface area contributed by atoms with Crippen molar-refractivity contribution in [1.29, 1.82) is 0 Å². The highest BCUT2D eigenvalue weighted by Crippen LogP contribution is 2.30. The number of halogens is 3. The molecule has 1 rings (SSSR count). The van der Waals surface area contributed by atoms with Crippen LogP contribution in [-0.4, -0.2) is 12.9 Å². The Morgan fingerprint density at radius 2 is 2.00 bits per heavy atom. The number of carbonyl (C=O) groups excluding carboxylic acids is 1. The lowest BCUT2D eigenvalue weighted by Crippen LogP contribution is -2.02. The normalized spacial score (nSPS) is 10.1. The van der Waals surface area contributed by atoms with Crippen LogP contribution in [-0.2, 0) is 0 Å². The summed E-state index contributed by atoms with van der Waals surface area (Å²) in [7, 11) is 1.14. The Morgan fingerprint density at radius 3 is 2.43 bits per heavy atom. The van der Waals surface area contributed by atoms with Crippen LogP contribution in [0.5, 0.6) is 5.75 Å². The lowest BCUT2D eigenvalue weighted by atomic mass is 10.1. The summed E-state index contributed by atoms with van der Waals surface area (Å²) < 4.78 is 31.1. The molecule has 0 radical (unpaired) electrons. The SMILES string of the molecule is COc1c(F)c(Br)cc(C(C)=O)c1F. The molecule has 0 saturated carbocycles. The number of rotatable bonds is 2. The van der Waals surface area contributed by atoms with Crippen molar-refractivity contribution in [2.75, 3.05) is 7.11 Å². The van der Waals surface area contributed by atoms with Crippen molar-refractivity contribution >= 4 is 21.7 Å². The number of ketones is 1. The van der Waals surface area contributed by atoms with E-state index in [1.165, 1.54) is 6.92 Å². The molecular weight excluding hydrogens is 258 g/mol. The molecule has 0 unspecified atom stereocenters. The molecule has 0 aromatic heterocycles. The summed E-state index contributed by atoms with van der Waals surface area (Å²) in [6.45, 7) is 1.20. The van der Waals surface area contributed by atoms with Crippen LogP contribution in [0.3, 0.4) is 0 Å². The molecule has 2 nitrogen and oxygen atoms in total. The summed E-state index contributed by atoms with van der Waals surface area (Å²) in [5.74, 6) is -2.86. The first-order chi connectivity index (χ1) is 6.49. The molecule has 0 amide bonds. The number of benzene rings is 1. The van der Waals surface area contributed by atoms with Crippen LogP contribution in [0.4, 0.5) is 8.78 Å². The Kier molecular flexibility index (Phi) is 3.21. The van der Waals surface area contributed by atoms with Gasteiger partial charge in [0, 0.05) is 0 Å². The van der Waals surface area contributed by atoms with E-state index in [0.29, 0.717) is 0 Å². The minimum atomic E-state index is -0.972. The third-order valence-electron chi connectivity index (χ3n) is 1.70. The zero-order chi connectivity index (χ0) is 10.9. The van der Waals surface area contributed by atoms with Gasteiger partial charge in [-0.05, 0) is 28.9 Å². The van der Waals surface area contributed by atoms with E-state index in [2.05, 4.69) is 20.7 Å². The molecule has 0 fully saturated rings. The van der Waals surface area contributed by atoms with Gasteiger partial charge in [-0.3, -0.25) is 4.79 Å². The second-order valence-electron chi connectivity index (χ2n) is 2.62. The minimum Gasteiger partial charge on any atom is -0.491 e. The van der Waals surface area contributed by atoms with Crippen LogP contribution in [0.15, 0.2) is 10.5 Å². The molecule has 1 aromatic carbocycles. The molecule has 0 aliphatic heterocycles. The molecule has 0 spiro atoms. The fourth-order valence-electron chi connectivity index (χ4n) is 1.02. The van der Waals surface area contributed by atoms with Gasteiger partial charge in [0.1, 0.15) is 0 Å². The summed E-state index contributed by atoms with van der Waals surface area (Å²) in [6.07, 6.45) is 0. The van der Waals surface area contributed by atoms with Crippen LogP contribution >= 0.6 is 15.9 Å². The summed E-state index contributed by atoms with van der Waals surface area (Å²) in [4.78, 5) is 11.0. The number of Topliss-reactive ketones (excluding diaryl/α,β-unsaturated/α-hetero) is 1. The molecule has 0 N–H and O–H groups in total. The number of methoxy groups -OCH3 is 1. The van der Waals surface area contributed by atoms with E-state index in [9.17, 15) is 13.6 Å². The van der Waals surface area contributed by atoms with Crippen LogP contribution in [0, 0.1) is 11.6 Å². The quantitative estimate of drug-likeness (QED) is 0.607. The molecule has 1 aromatic rings. The van der Waals surface area contributed by atoms with Crippen molar-refractivity contribution in [2.24, 2.45) is 0 Å². The predicted molar refractivity (Wildman–Crippen MR) is 50.6 cm³/mol. The average Bonchev–Trinajstić information content (AvgIpc) is 2.12. The van der Waals surface area contributed by atoms with Crippen molar-refractivity contribution in [1.82, 2.24) is 0 Å². The van der Waals surface area contributed by atoms with Crippen molar-refractivity contribution in [2.45, 2.75) is 6.92 Å². The maximum absolute atomic E-state index is 13.4. The van der Waals surface area contributed by atoms with Gasteiger partial charge < -0.3 is 4.74 Å². The number of ether oxygens (including phenoxy) is 1. The van der Waals surface area contributed by atoms with Crippen LogP contribution in [0.25, 0.3) is 0 Å². The van der Waals surface area contributed by atoms with Gasteiger partial charge in [0.25, 0.3) is 0 Å². The van der Waals surface area contributed by atoms with E-state index in [0.717, 1.165) is 13.2 Å². The molecule has 0 saturated heterocycles. The monoisotopic (exact) mass is 264 g/mol. The molecule has 14 heavy (non-hydrogen) atoms. The lowest BCUT2D eigenvalue weighted by Gasteiger charge is -2.07. The largest absolute Gasteiger partial charge is 0.491 e. The van der Waals surface area contributed by atoms with E-state index < -0.39 is 23.2 Å². The van der Waals surface area contributed by atoms with Gasteiger partial charge in [-0.25, -0.2) is 8.78 Å². The zero-order valence-electron chi connectivity index (χ0n) is 7.53. The van der Waals surface area contributed by atoms with Crippen molar-refractivity contribution < 1.29 is 18.3 Å². The highest BCUT2D eigenvalue weighted by Gasteiger charge is 2.20. The van der Waals surface area contributed by atoms with Gasteiger partial charge in [-0.2, -0.15) is 0 Å². The van der Waals surface area contributed by atoms with Crippen molar-refractivity contribution in [3.63, 3.8) is 0 Å². The highest BCUT2D eigenvalue weighted by atomic mass is 79.9. The third kappa shape index (κ3) is 1.77. The standard InChI is InChI=1S/C9H7BrF2O2/c1-4(13)5-3-6(10)8(12)9(14-2)7(5)11/h3H,1-2H3. The first kappa shape index (κ1) is 11.1. The Morgan fingerprint density at radius 1 is 1.43 bits per heavy atom. The van der Waals surface area contributed by atoms with Gasteiger partial charge in [0.2, 0.25) is 0 Å². The van der Waals surface area contributed by atoms with Crippen molar-refractivity contribution in [3.8, 4) is 5.75 Å². The minimum absolute atomic E-state index is 0.000880. The highest BCUT2D eigenvalue weighted by molar-refractivity contribution is 9.10. The van der Waals surface area contributed by atoms with Crippen molar-refractivity contribution in [3.05, 3.63) is 27.7 Å². The summed E-state index contributed by atoms with van der Waals surface area (Å²) in [5, 5.41) is 0. The maximum atomic E-state index is 13.4. The Bertz CT molecular complexity index is 391. The third-order valence-corrected chi connectivity index (χ3v) is 2.28. The Labute approximate surface area is 88.0 Å². The Hall–Kier alpha value is -0.970. The smallest absolute Gasteiger partial charge is 0.192 e. The average molecular weight is 265 g/mol. The number of hydrogen-bond donors (Lipinski definition) is 0. The van der Waals surface area contributed by atoms with Gasteiger partial charge in [0.05, 0.1) is 17.1 Å². The molecule has 0 bridgehead atoms. The first-order valence-corrected chi connectivity index (χ1v) is 4.50. The van der Waals surface area contributed by atoms with Gasteiger partial charge in [-0.15, -0.1) is 0 Å². The molecular formula is C9H7BrF2O2. The molecule has 5 heteroatoms. The van der Waals surface area contributed by atoms with E-state index in [1.54, 1.807) is 0 Å². The molecule has 0 atom stereocenters. The Balaban J connectivity index is 3.50. The summed E-state index contributed by atoms with van der Waals surface area (Å²) in [6, 6.07) is 1.09. The molecule has 0 aliphatic rings. The van der Waals surface area contributed by atoms with E-state index >= 15 is 0 Å². The molecule has 76 valence electrons. The van der Waals surface area contributed by atoms with Gasteiger partial charge in [0.15, 0.2) is 23.2 Å². The lowest BCUT2D eigenvalue weighted by molar-refractivity contribution is 0.101. The van der Waals surface area contributed by atoms with E-state index in [1.807, 2.05) is 0 Å².